The van der Waals surface area contributed by atoms with Gasteiger partial charge in [0.25, 0.3) is 0 Å². The minimum atomic E-state index is -0.652. The smallest absolute Gasteiger partial charge is 0.222 e. The van der Waals surface area contributed by atoms with Crippen molar-refractivity contribution in [1.29, 1.82) is 0 Å². The van der Waals surface area contributed by atoms with E-state index in [1.807, 2.05) is 13.8 Å². The minimum absolute atomic E-state index is 0.000576. The number of nitrogens with one attached hydrogen (secondary N) is 1. The standard InChI is InChI=1S/C12H23NO2/c1-10(2)11(14)13-9-12(15)7-5-3-4-6-8-12/h10,15H,3-9H2,1-2H3,(H,13,14). The van der Waals surface area contributed by atoms with Gasteiger partial charge in [-0.25, -0.2) is 0 Å². The van der Waals surface area contributed by atoms with Crippen molar-refractivity contribution in [2.24, 2.45) is 5.92 Å². The average molecular weight is 213 g/mol. The van der Waals surface area contributed by atoms with Crippen LogP contribution in [0.1, 0.15) is 52.4 Å². The van der Waals surface area contributed by atoms with Gasteiger partial charge in [0.2, 0.25) is 5.91 Å². The van der Waals surface area contributed by atoms with E-state index in [1.165, 1.54) is 12.8 Å². The maximum atomic E-state index is 11.4. The van der Waals surface area contributed by atoms with Crippen molar-refractivity contribution in [2.45, 2.75) is 58.0 Å². The topological polar surface area (TPSA) is 49.3 Å². The van der Waals surface area contributed by atoms with E-state index in [2.05, 4.69) is 5.32 Å². The molecule has 0 spiro atoms. The lowest BCUT2D eigenvalue weighted by Crippen LogP contribution is -2.43. The molecule has 0 aromatic heterocycles. The van der Waals surface area contributed by atoms with Gasteiger partial charge in [-0.05, 0) is 12.8 Å². The average Bonchev–Trinajstić information content (AvgIpc) is 2.40. The third-order valence-electron chi connectivity index (χ3n) is 3.15. The van der Waals surface area contributed by atoms with Gasteiger partial charge < -0.3 is 10.4 Å². The number of hydrogen-bond acceptors (Lipinski definition) is 2. The number of rotatable bonds is 3. The van der Waals surface area contributed by atoms with E-state index < -0.39 is 5.60 Å². The number of carbonyl (C=O) groups is 1. The summed E-state index contributed by atoms with van der Waals surface area (Å²) in [6.45, 7) is 4.16. The van der Waals surface area contributed by atoms with Gasteiger partial charge in [0.15, 0.2) is 0 Å². The third kappa shape index (κ3) is 4.20. The molecule has 2 N–H and O–H groups in total. The van der Waals surface area contributed by atoms with Crippen molar-refractivity contribution >= 4 is 5.91 Å². The van der Waals surface area contributed by atoms with Crippen LogP contribution in [0, 0.1) is 5.92 Å². The van der Waals surface area contributed by atoms with Gasteiger partial charge in [-0.15, -0.1) is 0 Å². The quantitative estimate of drug-likeness (QED) is 0.703. The highest BCUT2D eigenvalue weighted by molar-refractivity contribution is 5.77. The molecule has 0 atom stereocenters. The second-order valence-electron chi connectivity index (χ2n) is 5.01. The Morgan fingerprint density at radius 1 is 1.27 bits per heavy atom. The molecule has 0 radical (unpaired) electrons. The van der Waals surface area contributed by atoms with Crippen molar-refractivity contribution < 1.29 is 9.90 Å². The summed E-state index contributed by atoms with van der Waals surface area (Å²) in [4.78, 5) is 11.4. The Morgan fingerprint density at radius 2 is 1.80 bits per heavy atom. The van der Waals surface area contributed by atoms with Gasteiger partial charge in [-0.1, -0.05) is 39.5 Å². The predicted molar refractivity (Wildman–Crippen MR) is 60.5 cm³/mol. The minimum Gasteiger partial charge on any atom is -0.388 e. The molecule has 1 rings (SSSR count). The van der Waals surface area contributed by atoms with E-state index >= 15 is 0 Å². The molecular weight excluding hydrogens is 190 g/mol. The first-order chi connectivity index (χ1) is 7.03. The van der Waals surface area contributed by atoms with Crippen LogP contribution in [0.25, 0.3) is 0 Å². The SMILES string of the molecule is CC(C)C(=O)NCC1(O)CCCCCC1. The summed E-state index contributed by atoms with van der Waals surface area (Å²) in [5.74, 6) is 0.0343. The predicted octanol–water partition coefficient (Wildman–Crippen LogP) is 1.84. The largest absolute Gasteiger partial charge is 0.388 e. The van der Waals surface area contributed by atoms with Gasteiger partial charge in [-0.2, -0.15) is 0 Å². The summed E-state index contributed by atoms with van der Waals surface area (Å²) in [5, 5.41) is 13.1. The first-order valence-electron chi connectivity index (χ1n) is 6.04. The van der Waals surface area contributed by atoms with E-state index in [0.29, 0.717) is 6.54 Å². The first-order valence-corrected chi connectivity index (χ1v) is 6.04. The van der Waals surface area contributed by atoms with E-state index in [9.17, 15) is 9.90 Å². The van der Waals surface area contributed by atoms with Gasteiger partial charge in [0, 0.05) is 12.5 Å². The molecule has 0 saturated heterocycles. The van der Waals surface area contributed by atoms with Gasteiger partial charge in [0.1, 0.15) is 0 Å². The molecule has 3 nitrogen and oxygen atoms in total. The molecule has 1 aliphatic rings. The Bertz CT molecular complexity index is 206. The summed E-state index contributed by atoms with van der Waals surface area (Å²) in [6.07, 6.45) is 6.22. The molecule has 1 aliphatic carbocycles. The molecule has 0 heterocycles. The molecule has 0 aromatic carbocycles. The Balaban J connectivity index is 2.37. The van der Waals surface area contributed by atoms with Crippen LogP contribution in [0.3, 0.4) is 0 Å². The van der Waals surface area contributed by atoms with E-state index in [4.69, 9.17) is 0 Å². The summed E-state index contributed by atoms with van der Waals surface area (Å²) >= 11 is 0. The third-order valence-corrected chi connectivity index (χ3v) is 3.15. The highest BCUT2D eigenvalue weighted by Gasteiger charge is 2.28. The van der Waals surface area contributed by atoms with Crippen LogP contribution in [-0.4, -0.2) is 23.2 Å². The van der Waals surface area contributed by atoms with Crippen molar-refractivity contribution in [3.63, 3.8) is 0 Å². The van der Waals surface area contributed by atoms with Gasteiger partial charge in [-0.3, -0.25) is 4.79 Å². The number of amides is 1. The Labute approximate surface area is 92.3 Å². The normalized spacial score (nSPS) is 21.1. The molecule has 0 bridgehead atoms. The number of hydrogen-bond donors (Lipinski definition) is 2. The molecular formula is C12H23NO2. The monoisotopic (exact) mass is 213 g/mol. The fraction of sp³-hybridized carbons (Fsp3) is 0.917. The van der Waals surface area contributed by atoms with Crippen LogP contribution < -0.4 is 5.32 Å². The Hall–Kier alpha value is -0.570. The van der Waals surface area contributed by atoms with Crippen LogP contribution in [0.5, 0.6) is 0 Å². The second kappa shape index (κ2) is 5.50. The van der Waals surface area contributed by atoms with E-state index in [1.54, 1.807) is 0 Å². The van der Waals surface area contributed by atoms with Gasteiger partial charge in [0.05, 0.1) is 5.60 Å². The summed E-state index contributed by atoms with van der Waals surface area (Å²) < 4.78 is 0. The summed E-state index contributed by atoms with van der Waals surface area (Å²) in [6, 6.07) is 0. The molecule has 1 saturated carbocycles. The molecule has 0 unspecified atom stereocenters. The van der Waals surface area contributed by atoms with Crippen molar-refractivity contribution in [3.8, 4) is 0 Å². The zero-order valence-electron chi connectivity index (χ0n) is 9.88. The maximum Gasteiger partial charge on any atom is 0.222 e. The summed E-state index contributed by atoms with van der Waals surface area (Å²) in [7, 11) is 0. The number of aliphatic hydroxyl groups is 1. The van der Waals surface area contributed by atoms with Crippen molar-refractivity contribution in [3.05, 3.63) is 0 Å². The van der Waals surface area contributed by atoms with Crippen LogP contribution in [-0.2, 0) is 4.79 Å². The van der Waals surface area contributed by atoms with Crippen molar-refractivity contribution in [2.75, 3.05) is 6.54 Å². The zero-order valence-corrected chi connectivity index (χ0v) is 9.88. The Morgan fingerprint density at radius 3 is 2.27 bits per heavy atom. The maximum absolute atomic E-state index is 11.4. The van der Waals surface area contributed by atoms with Crippen LogP contribution in [0.2, 0.25) is 0 Å². The molecule has 88 valence electrons. The fourth-order valence-electron chi connectivity index (χ4n) is 2.02. The molecule has 1 amide bonds. The molecule has 15 heavy (non-hydrogen) atoms. The zero-order chi connectivity index (χ0) is 11.3. The lowest BCUT2D eigenvalue weighted by atomic mass is 9.94. The van der Waals surface area contributed by atoms with E-state index in [0.717, 1.165) is 25.7 Å². The first kappa shape index (κ1) is 12.5. The summed E-state index contributed by atoms with van der Waals surface area (Å²) in [5.41, 5.74) is -0.652. The van der Waals surface area contributed by atoms with Crippen LogP contribution in [0.15, 0.2) is 0 Å². The lowest BCUT2D eigenvalue weighted by Gasteiger charge is -2.27. The number of carbonyl (C=O) groups excluding carboxylic acids is 1. The second-order valence-corrected chi connectivity index (χ2v) is 5.01. The van der Waals surface area contributed by atoms with Crippen LogP contribution in [0.4, 0.5) is 0 Å². The molecule has 3 heteroatoms. The van der Waals surface area contributed by atoms with Gasteiger partial charge >= 0.3 is 0 Å². The van der Waals surface area contributed by atoms with Crippen LogP contribution >= 0.6 is 0 Å². The van der Waals surface area contributed by atoms with Crippen molar-refractivity contribution in [1.82, 2.24) is 5.32 Å². The molecule has 1 fully saturated rings. The molecule has 0 aliphatic heterocycles. The molecule has 0 aromatic rings. The lowest BCUT2D eigenvalue weighted by molar-refractivity contribution is -0.125. The Kier molecular flexibility index (Phi) is 4.58. The van der Waals surface area contributed by atoms with E-state index in [-0.39, 0.29) is 11.8 Å². The highest BCUT2D eigenvalue weighted by Crippen LogP contribution is 2.26. The fourth-order valence-corrected chi connectivity index (χ4v) is 2.02. The highest BCUT2D eigenvalue weighted by atomic mass is 16.3.